The molecule has 1 saturated carbocycles. The van der Waals surface area contributed by atoms with Gasteiger partial charge in [0, 0.05) is 25.8 Å². The van der Waals surface area contributed by atoms with E-state index in [-0.39, 0.29) is 0 Å². The van der Waals surface area contributed by atoms with Crippen molar-refractivity contribution < 1.29 is 9.53 Å². The van der Waals surface area contributed by atoms with Crippen molar-refractivity contribution >= 4 is 17.4 Å². The lowest BCUT2D eigenvalue weighted by molar-refractivity contribution is 0.100. The van der Waals surface area contributed by atoms with Gasteiger partial charge < -0.3 is 20.7 Å². The van der Waals surface area contributed by atoms with Crippen LogP contribution >= 0.6 is 0 Å². The number of anilines is 2. The molecule has 1 aliphatic carbocycles. The van der Waals surface area contributed by atoms with Gasteiger partial charge >= 0.3 is 0 Å². The number of nitrogens with one attached hydrogen (secondary N) is 1. The Hall–Kier alpha value is -2.76. The second-order valence-electron chi connectivity index (χ2n) is 8.08. The number of hydrogen-bond acceptors (Lipinski definition) is 5. The van der Waals surface area contributed by atoms with Crippen molar-refractivity contribution in [3.05, 3.63) is 47.7 Å². The van der Waals surface area contributed by atoms with Crippen LogP contribution in [0.4, 0.5) is 11.5 Å². The molecule has 0 unspecified atom stereocenters. The highest BCUT2D eigenvalue weighted by Crippen LogP contribution is 2.32. The summed E-state index contributed by atoms with van der Waals surface area (Å²) in [5.41, 5.74) is 7.78. The third kappa shape index (κ3) is 4.81. The number of ether oxygens (including phenoxy) is 1. The third-order valence-electron chi connectivity index (χ3n) is 5.95. The van der Waals surface area contributed by atoms with E-state index < -0.39 is 5.91 Å². The molecular formula is C23H30N4O2. The monoisotopic (exact) mass is 394 g/mol. The van der Waals surface area contributed by atoms with Crippen LogP contribution in [0.5, 0.6) is 5.75 Å². The first kappa shape index (κ1) is 19.6. The number of nitrogens with two attached hydrogens (primary N) is 1. The summed E-state index contributed by atoms with van der Waals surface area (Å²) in [7, 11) is 0. The predicted molar refractivity (Wildman–Crippen MR) is 115 cm³/mol. The molecule has 1 saturated heterocycles. The zero-order chi connectivity index (χ0) is 20.1. The Morgan fingerprint density at radius 2 is 1.93 bits per heavy atom. The number of carbonyl (C=O) groups excluding carboxylic acids is 1. The van der Waals surface area contributed by atoms with Crippen molar-refractivity contribution in [1.29, 1.82) is 0 Å². The Balaban J connectivity index is 1.45. The van der Waals surface area contributed by atoms with Gasteiger partial charge in [0.2, 0.25) is 0 Å². The first-order valence-corrected chi connectivity index (χ1v) is 10.7. The van der Waals surface area contributed by atoms with Gasteiger partial charge in [0.1, 0.15) is 11.6 Å². The molecule has 6 nitrogen and oxygen atoms in total. The van der Waals surface area contributed by atoms with Crippen LogP contribution in [0.25, 0.3) is 0 Å². The van der Waals surface area contributed by atoms with E-state index in [1.807, 2.05) is 18.3 Å². The summed E-state index contributed by atoms with van der Waals surface area (Å²) in [6, 6.07) is 9.61. The van der Waals surface area contributed by atoms with Gasteiger partial charge in [-0.3, -0.25) is 4.79 Å². The molecule has 1 aromatic carbocycles. The number of para-hydroxylation sites is 1. The van der Waals surface area contributed by atoms with E-state index in [1.165, 1.54) is 38.5 Å². The van der Waals surface area contributed by atoms with Crippen LogP contribution in [-0.4, -0.2) is 30.6 Å². The summed E-state index contributed by atoms with van der Waals surface area (Å²) in [4.78, 5) is 18.9. The molecule has 0 radical (unpaired) electrons. The molecular weight excluding hydrogens is 364 g/mol. The van der Waals surface area contributed by atoms with Crippen molar-refractivity contribution in [2.45, 2.75) is 45.1 Å². The van der Waals surface area contributed by atoms with Gasteiger partial charge in [-0.05, 0) is 55.4 Å². The highest BCUT2D eigenvalue weighted by molar-refractivity contribution is 5.99. The van der Waals surface area contributed by atoms with Gasteiger partial charge in [0.15, 0.2) is 0 Å². The highest BCUT2D eigenvalue weighted by Gasteiger charge is 2.19. The fraction of sp³-hybridized carbons (Fsp3) is 0.478. The van der Waals surface area contributed by atoms with Crippen molar-refractivity contribution in [2.24, 2.45) is 11.7 Å². The number of hydrogen-bond donors (Lipinski definition) is 2. The minimum atomic E-state index is -0.457. The number of benzene rings is 1. The molecule has 0 spiro atoms. The molecule has 0 atom stereocenters. The van der Waals surface area contributed by atoms with Crippen LogP contribution in [0.1, 0.15) is 54.4 Å². The maximum absolute atomic E-state index is 11.9. The lowest BCUT2D eigenvalue weighted by atomic mass is 10.1. The largest absolute Gasteiger partial charge is 0.491 e. The predicted octanol–water partition coefficient (Wildman–Crippen LogP) is 3.96. The van der Waals surface area contributed by atoms with Crippen LogP contribution in [0, 0.1) is 5.92 Å². The fourth-order valence-corrected chi connectivity index (χ4v) is 4.27. The van der Waals surface area contributed by atoms with Crippen molar-refractivity contribution in [2.75, 3.05) is 29.9 Å². The summed E-state index contributed by atoms with van der Waals surface area (Å²) >= 11 is 0. The molecule has 6 heteroatoms. The average molecular weight is 395 g/mol. The molecule has 1 aliphatic heterocycles. The Bertz CT molecular complexity index is 825. The SMILES string of the molecule is NC(=O)c1cccc(OCC2CCCC2)c1NCc1ccc(N2CCCC2)nc1. The summed E-state index contributed by atoms with van der Waals surface area (Å²) in [6.45, 7) is 3.40. The maximum Gasteiger partial charge on any atom is 0.250 e. The summed E-state index contributed by atoms with van der Waals surface area (Å²) in [6.07, 6.45) is 9.35. The van der Waals surface area contributed by atoms with Gasteiger partial charge in [0.25, 0.3) is 5.91 Å². The summed E-state index contributed by atoms with van der Waals surface area (Å²) < 4.78 is 6.09. The highest BCUT2D eigenvalue weighted by atomic mass is 16.5. The molecule has 1 aromatic heterocycles. The second kappa shape index (κ2) is 9.16. The van der Waals surface area contributed by atoms with Gasteiger partial charge in [-0.15, -0.1) is 0 Å². The van der Waals surface area contributed by atoms with Crippen molar-refractivity contribution in [1.82, 2.24) is 4.98 Å². The number of aromatic nitrogens is 1. The van der Waals surface area contributed by atoms with E-state index in [0.717, 1.165) is 24.5 Å². The molecule has 1 amide bonds. The van der Waals surface area contributed by atoms with Crippen LogP contribution < -0.4 is 20.7 Å². The number of primary amides is 1. The molecule has 4 rings (SSSR count). The Kier molecular flexibility index (Phi) is 6.17. The molecule has 2 aliphatic rings. The van der Waals surface area contributed by atoms with E-state index in [2.05, 4.69) is 27.3 Å². The van der Waals surface area contributed by atoms with Gasteiger partial charge in [-0.25, -0.2) is 4.98 Å². The van der Waals surface area contributed by atoms with E-state index in [1.54, 1.807) is 6.07 Å². The Labute approximate surface area is 172 Å². The molecule has 2 aromatic rings. The fourth-order valence-electron chi connectivity index (χ4n) is 4.27. The second-order valence-corrected chi connectivity index (χ2v) is 8.08. The number of pyridine rings is 1. The number of amides is 1. The van der Waals surface area contributed by atoms with E-state index in [0.29, 0.717) is 36.1 Å². The number of carbonyl (C=O) groups is 1. The molecule has 0 bridgehead atoms. The number of nitrogens with zero attached hydrogens (tertiary/aromatic N) is 2. The molecule has 3 N–H and O–H groups in total. The maximum atomic E-state index is 11.9. The smallest absolute Gasteiger partial charge is 0.250 e. The zero-order valence-electron chi connectivity index (χ0n) is 16.9. The molecule has 29 heavy (non-hydrogen) atoms. The molecule has 154 valence electrons. The van der Waals surface area contributed by atoms with Crippen molar-refractivity contribution in [3.63, 3.8) is 0 Å². The van der Waals surface area contributed by atoms with Crippen LogP contribution in [0.15, 0.2) is 36.5 Å². The summed E-state index contributed by atoms with van der Waals surface area (Å²) in [5, 5.41) is 3.36. The third-order valence-corrected chi connectivity index (χ3v) is 5.95. The normalized spacial score (nSPS) is 16.9. The molecule has 2 heterocycles. The minimum absolute atomic E-state index is 0.454. The van der Waals surface area contributed by atoms with E-state index >= 15 is 0 Å². The zero-order valence-corrected chi connectivity index (χ0v) is 16.9. The quantitative estimate of drug-likeness (QED) is 0.708. The van der Waals surface area contributed by atoms with E-state index in [9.17, 15) is 4.79 Å². The standard InChI is InChI=1S/C23H30N4O2/c24-23(28)19-8-5-9-20(29-16-17-6-1-2-7-17)22(19)26-15-18-10-11-21(25-14-18)27-12-3-4-13-27/h5,8-11,14,17,26H,1-4,6-7,12-13,15-16H2,(H2,24,28). The summed E-state index contributed by atoms with van der Waals surface area (Å²) in [5.74, 6) is 1.86. The Morgan fingerprint density at radius 3 is 2.62 bits per heavy atom. The molecule has 2 fully saturated rings. The average Bonchev–Trinajstić information content (AvgIpc) is 3.45. The van der Waals surface area contributed by atoms with Gasteiger partial charge in [0.05, 0.1) is 17.9 Å². The van der Waals surface area contributed by atoms with Gasteiger partial charge in [-0.2, -0.15) is 0 Å². The first-order valence-electron chi connectivity index (χ1n) is 10.7. The number of rotatable bonds is 8. The van der Waals surface area contributed by atoms with Gasteiger partial charge in [-0.1, -0.05) is 25.0 Å². The first-order chi connectivity index (χ1) is 14.2. The van der Waals surface area contributed by atoms with E-state index in [4.69, 9.17) is 10.5 Å². The lowest BCUT2D eigenvalue weighted by Crippen LogP contribution is -2.19. The topological polar surface area (TPSA) is 80.5 Å². The Morgan fingerprint density at radius 1 is 1.14 bits per heavy atom. The minimum Gasteiger partial charge on any atom is -0.491 e. The van der Waals surface area contributed by atoms with Crippen LogP contribution in [0.2, 0.25) is 0 Å². The van der Waals surface area contributed by atoms with Crippen molar-refractivity contribution in [3.8, 4) is 5.75 Å². The lowest BCUT2D eigenvalue weighted by Gasteiger charge is -2.19. The van der Waals surface area contributed by atoms with Crippen LogP contribution in [0.3, 0.4) is 0 Å². The van der Waals surface area contributed by atoms with Crippen LogP contribution in [-0.2, 0) is 6.54 Å².